The molecule has 1 aliphatic rings. The predicted molar refractivity (Wildman–Crippen MR) is 99.1 cm³/mol. The fourth-order valence-electron chi connectivity index (χ4n) is 4.25. The first-order valence-electron chi connectivity index (χ1n) is 8.97. The van der Waals surface area contributed by atoms with Crippen molar-refractivity contribution in [2.45, 2.75) is 25.8 Å². The van der Waals surface area contributed by atoms with Crippen molar-refractivity contribution in [1.29, 1.82) is 0 Å². The summed E-state index contributed by atoms with van der Waals surface area (Å²) in [5, 5.41) is 10.6. The van der Waals surface area contributed by atoms with E-state index in [0.717, 1.165) is 30.6 Å². The summed E-state index contributed by atoms with van der Waals surface area (Å²) in [5.74, 6) is -0.190. The molecule has 1 heterocycles. The molecule has 2 aromatic carbocycles. The van der Waals surface area contributed by atoms with Gasteiger partial charge in [-0.1, -0.05) is 31.2 Å². The van der Waals surface area contributed by atoms with Crippen LogP contribution in [0.25, 0.3) is 22.2 Å². The van der Waals surface area contributed by atoms with Crippen molar-refractivity contribution in [3.8, 4) is 11.3 Å². The fraction of sp³-hybridized carbons (Fsp3) is 0.333. The van der Waals surface area contributed by atoms with Crippen LogP contribution in [0.15, 0.2) is 42.5 Å². The average molecular weight is 338 g/mol. The Balaban J connectivity index is 1.88. The second kappa shape index (κ2) is 6.62. The number of nitrogens with zero attached hydrogens (tertiary/aromatic N) is 1. The van der Waals surface area contributed by atoms with Gasteiger partial charge in [0.25, 0.3) is 0 Å². The summed E-state index contributed by atoms with van der Waals surface area (Å²) in [6, 6.07) is 13.6. The highest BCUT2D eigenvalue weighted by molar-refractivity contribution is 5.94. The maximum Gasteiger partial charge on any atom is 0.132 e. The minimum Gasteiger partial charge on any atom is -0.395 e. The largest absolute Gasteiger partial charge is 0.395 e. The maximum absolute atomic E-state index is 14.3. The second-order valence-corrected chi connectivity index (χ2v) is 6.63. The first kappa shape index (κ1) is 16.3. The Labute approximate surface area is 147 Å². The SMILES string of the molecule is CCN(CCO)C1CCc2c(-c3ccccc3F)[nH]c3cccc1c23. The summed E-state index contributed by atoms with van der Waals surface area (Å²) < 4.78 is 14.3. The highest BCUT2D eigenvalue weighted by Gasteiger charge is 2.29. The van der Waals surface area contributed by atoms with Gasteiger partial charge < -0.3 is 10.1 Å². The highest BCUT2D eigenvalue weighted by atomic mass is 19.1. The van der Waals surface area contributed by atoms with Crippen LogP contribution in [0, 0.1) is 5.82 Å². The van der Waals surface area contributed by atoms with Crippen LogP contribution in [0.1, 0.15) is 30.5 Å². The molecule has 25 heavy (non-hydrogen) atoms. The standard InChI is InChI=1S/C21H23FN2O/c1-2-24(12-13-25)19-11-10-16-20-15(19)7-5-9-18(20)23-21(16)14-6-3-4-8-17(14)22/h3-9,19,23,25H,2,10-13H2,1H3. The van der Waals surface area contributed by atoms with E-state index in [-0.39, 0.29) is 12.4 Å². The van der Waals surface area contributed by atoms with Crippen LogP contribution in [0.3, 0.4) is 0 Å². The molecular weight excluding hydrogens is 315 g/mol. The van der Waals surface area contributed by atoms with Crippen LogP contribution < -0.4 is 0 Å². The molecule has 2 N–H and O–H groups in total. The summed E-state index contributed by atoms with van der Waals surface area (Å²) in [6.45, 7) is 3.88. The quantitative estimate of drug-likeness (QED) is 0.729. The number of aliphatic hydroxyl groups excluding tert-OH is 1. The molecule has 4 rings (SSSR count). The molecule has 0 saturated heterocycles. The lowest BCUT2D eigenvalue weighted by Gasteiger charge is -2.34. The van der Waals surface area contributed by atoms with Crippen LogP contribution in [0.4, 0.5) is 4.39 Å². The number of rotatable bonds is 5. The van der Waals surface area contributed by atoms with Gasteiger partial charge in [0, 0.05) is 29.1 Å². The number of aromatic nitrogens is 1. The van der Waals surface area contributed by atoms with Gasteiger partial charge in [-0.3, -0.25) is 4.90 Å². The van der Waals surface area contributed by atoms with Gasteiger partial charge >= 0.3 is 0 Å². The highest BCUT2D eigenvalue weighted by Crippen LogP contribution is 2.43. The molecule has 0 fully saturated rings. The molecule has 1 atom stereocenters. The van der Waals surface area contributed by atoms with Crippen LogP contribution in [0.5, 0.6) is 0 Å². The summed E-state index contributed by atoms with van der Waals surface area (Å²) in [7, 11) is 0. The zero-order valence-corrected chi connectivity index (χ0v) is 14.4. The molecule has 130 valence electrons. The fourth-order valence-corrected chi connectivity index (χ4v) is 4.25. The van der Waals surface area contributed by atoms with E-state index in [1.54, 1.807) is 6.07 Å². The Morgan fingerprint density at radius 2 is 2.04 bits per heavy atom. The lowest BCUT2D eigenvalue weighted by molar-refractivity contribution is 0.150. The van der Waals surface area contributed by atoms with Crippen molar-refractivity contribution >= 4 is 10.9 Å². The normalized spacial score (nSPS) is 16.7. The van der Waals surface area contributed by atoms with E-state index in [1.165, 1.54) is 22.6 Å². The number of aryl methyl sites for hydroxylation is 1. The lowest BCUT2D eigenvalue weighted by Crippen LogP contribution is -2.33. The molecule has 0 aliphatic heterocycles. The van der Waals surface area contributed by atoms with Crippen molar-refractivity contribution < 1.29 is 9.50 Å². The molecule has 0 saturated carbocycles. The van der Waals surface area contributed by atoms with E-state index in [9.17, 15) is 9.50 Å². The van der Waals surface area contributed by atoms with Gasteiger partial charge in [-0.2, -0.15) is 0 Å². The number of benzene rings is 2. The van der Waals surface area contributed by atoms with Crippen LogP contribution >= 0.6 is 0 Å². The molecule has 4 heteroatoms. The van der Waals surface area contributed by atoms with Crippen molar-refractivity contribution in [3.63, 3.8) is 0 Å². The molecule has 1 aliphatic carbocycles. The van der Waals surface area contributed by atoms with Gasteiger partial charge in [0.2, 0.25) is 0 Å². The van der Waals surface area contributed by atoms with Gasteiger partial charge in [-0.15, -0.1) is 0 Å². The van der Waals surface area contributed by atoms with Gasteiger partial charge in [-0.25, -0.2) is 4.39 Å². The third kappa shape index (κ3) is 2.66. The third-order valence-corrected chi connectivity index (χ3v) is 5.36. The summed E-state index contributed by atoms with van der Waals surface area (Å²) in [6.07, 6.45) is 1.90. The minimum absolute atomic E-state index is 0.167. The Hall–Kier alpha value is -2.17. The van der Waals surface area contributed by atoms with E-state index in [0.29, 0.717) is 18.2 Å². The Bertz CT molecular complexity index is 902. The molecular formula is C21H23FN2O. The molecule has 0 amide bonds. The third-order valence-electron chi connectivity index (χ3n) is 5.36. The van der Waals surface area contributed by atoms with Gasteiger partial charge in [0.05, 0.1) is 12.3 Å². The first-order chi connectivity index (χ1) is 12.2. The number of H-pyrrole nitrogens is 1. The number of halogens is 1. The van der Waals surface area contributed by atoms with E-state index in [4.69, 9.17) is 0 Å². The van der Waals surface area contributed by atoms with Crippen molar-refractivity contribution in [1.82, 2.24) is 9.88 Å². The molecule has 1 aromatic heterocycles. The van der Waals surface area contributed by atoms with E-state index >= 15 is 0 Å². The summed E-state index contributed by atoms with van der Waals surface area (Å²) in [5.41, 5.74) is 5.11. The molecule has 3 nitrogen and oxygen atoms in total. The van der Waals surface area contributed by atoms with Crippen molar-refractivity contribution in [2.75, 3.05) is 19.7 Å². The van der Waals surface area contributed by atoms with Gasteiger partial charge in [0.1, 0.15) is 5.82 Å². The number of nitrogens with one attached hydrogen (secondary N) is 1. The van der Waals surface area contributed by atoms with Crippen LogP contribution in [-0.4, -0.2) is 34.7 Å². The van der Waals surface area contributed by atoms with Gasteiger partial charge in [0.15, 0.2) is 0 Å². The lowest BCUT2D eigenvalue weighted by atomic mass is 9.86. The van der Waals surface area contributed by atoms with Crippen LogP contribution in [0.2, 0.25) is 0 Å². The number of aromatic amines is 1. The summed E-state index contributed by atoms with van der Waals surface area (Å²) in [4.78, 5) is 5.78. The molecule has 0 radical (unpaired) electrons. The Morgan fingerprint density at radius 3 is 2.80 bits per heavy atom. The molecule has 0 spiro atoms. The predicted octanol–water partition coefficient (Wildman–Crippen LogP) is 4.28. The number of hydrogen-bond acceptors (Lipinski definition) is 2. The van der Waals surface area contributed by atoms with Crippen molar-refractivity contribution in [2.24, 2.45) is 0 Å². The first-order valence-corrected chi connectivity index (χ1v) is 8.97. The maximum atomic E-state index is 14.3. The second-order valence-electron chi connectivity index (χ2n) is 6.63. The van der Waals surface area contributed by atoms with E-state index < -0.39 is 0 Å². The Kier molecular flexibility index (Phi) is 4.32. The zero-order valence-electron chi connectivity index (χ0n) is 14.4. The summed E-state index contributed by atoms with van der Waals surface area (Å²) >= 11 is 0. The van der Waals surface area contributed by atoms with Crippen molar-refractivity contribution in [3.05, 3.63) is 59.4 Å². The number of aliphatic hydroxyl groups is 1. The zero-order chi connectivity index (χ0) is 17.4. The number of likely N-dealkylation sites (N-methyl/N-ethyl adjacent to an activating group) is 1. The topological polar surface area (TPSA) is 39.3 Å². The van der Waals surface area contributed by atoms with E-state index in [2.05, 4.69) is 35.0 Å². The van der Waals surface area contributed by atoms with Crippen LogP contribution in [-0.2, 0) is 6.42 Å². The molecule has 1 unspecified atom stereocenters. The monoisotopic (exact) mass is 338 g/mol. The van der Waals surface area contributed by atoms with E-state index in [1.807, 2.05) is 12.1 Å². The Morgan fingerprint density at radius 1 is 1.20 bits per heavy atom. The average Bonchev–Trinajstić information content (AvgIpc) is 3.01. The molecule has 0 bridgehead atoms. The van der Waals surface area contributed by atoms with Gasteiger partial charge in [-0.05, 0) is 48.7 Å². The molecule has 3 aromatic rings. The number of hydrogen-bond donors (Lipinski definition) is 2. The minimum atomic E-state index is -0.190. The smallest absolute Gasteiger partial charge is 0.132 e.